The molecule has 5 nitrogen and oxygen atoms in total. The minimum Gasteiger partial charge on any atom is -0.354 e. The Hall–Kier alpha value is -1.89. The Labute approximate surface area is 171 Å². The van der Waals surface area contributed by atoms with Crippen molar-refractivity contribution < 1.29 is 13.2 Å². The van der Waals surface area contributed by atoms with Crippen molar-refractivity contribution in [3.63, 3.8) is 0 Å². The van der Waals surface area contributed by atoms with Crippen LogP contribution in [0.5, 0.6) is 0 Å². The first-order chi connectivity index (χ1) is 13.3. The number of benzene rings is 2. The fourth-order valence-electron chi connectivity index (χ4n) is 3.73. The minimum atomic E-state index is -3.58. The standard InChI is InChI=1S/C21H25ClN2O3S/c1-16-4-10-19(11-5-16)28(26,27)24-15-14-23-20(25)21(12-2-3-13-21)17-6-8-18(22)9-7-17/h4-11,24H,2-3,12-15H2,1H3,(H,23,25). The van der Waals surface area contributed by atoms with Gasteiger partial charge in [-0.25, -0.2) is 13.1 Å². The smallest absolute Gasteiger partial charge is 0.240 e. The van der Waals surface area contributed by atoms with Crippen molar-refractivity contribution in [2.45, 2.75) is 42.9 Å². The number of aryl methyl sites for hydroxylation is 1. The van der Waals surface area contributed by atoms with Crippen molar-refractivity contribution in [3.8, 4) is 0 Å². The second-order valence-electron chi connectivity index (χ2n) is 7.26. The largest absolute Gasteiger partial charge is 0.354 e. The van der Waals surface area contributed by atoms with E-state index in [9.17, 15) is 13.2 Å². The lowest BCUT2D eigenvalue weighted by atomic mass is 9.78. The highest BCUT2D eigenvalue weighted by atomic mass is 35.5. The lowest BCUT2D eigenvalue weighted by molar-refractivity contribution is -0.126. The van der Waals surface area contributed by atoms with E-state index in [1.54, 1.807) is 36.4 Å². The predicted octanol–water partition coefficient (Wildman–Crippen LogP) is 3.55. The molecule has 1 aliphatic rings. The molecule has 0 bridgehead atoms. The van der Waals surface area contributed by atoms with Crippen LogP contribution in [0, 0.1) is 6.92 Å². The molecule has 2 N–H and O–H groups in total. The van der Waals surface area contributed by atoms with Crippen LogP contribution in [-0.2, 0) is 20.2 Å². The molecule has 150 valence electrons. The molecule has 0 heterocycles. The molecular formula is C21H25ClN2O3S. The van der Waals surface area contributed by atoms with Crippen molar-refractivity contribution in [3.05, 3.63) is 64.7 Å². The third-order valence-corrected chi connectivity index (χ3v) is 7.05. The summed E-state index contributed by atoms with van der Waals surface area (Å²) in [5.74, 6) is -0.0538. The van der Waals surface area contributed by atoms with E-state index in [1.807, 2.05) is 19.1 Å². The maximum absolute atomic E-state index is 13.0. The van der Waals surface area contributed by atoms with Crippen molar-refractivity contribution >= 4 is 27.5 Å². The summed E-state index contributed by atoms with van der Waals surface area (Å²) in [7, 11) is -3.58. The van der Waals surface area contributed by atoms with Gasteiger partial charge >= 0.3 is 0 Å². The van der Waals surface area contributed by atoms with Gasteiger partial charge in [0.1, 0.15) is 0 Å². The molecule has 0 spiro atoms. The van der Waals surface area contributed by atoms with Gasteiger partial charge in [0.2, 0.25) is 15.9 Å². The molecule has 0 unspecified atom stereocenters. The van der Waals surface area contributed by atoms with Gasteiger partial charge < -0.3 is 5.32 Å². The number of sulfonamides is 1. The summed E-state index contributed by atoms with van der Waals surface area (Å²) in [5, 5.41) is 3.55. The van der Waals surface area contributed by atoms with Crippen LogP contribution in [0.4, 0.5) is 0 Å². The first kappa shape index (κ1) is 20.8. The van der Waals surface area contributed by atoms with Crippen LogP contribution >= 0.6 is 11.6 Å². The number of rotatable bonds is 7. The second-order valence-corrected chi connectivity index (χ2v) is 9.47. The van der Waals surface area contributed by atoms with E-state index < -0.39 is 15.4 Å². The average Bonchev–Trinajstić information content (AvgIpc) is 3.17. The molecule has 1 amide bonds. The summed E-state index contributed by atoms with van der Waals surface area (Å²) in [6.07, 6.45) is 3.57. The Morgan fingerprint density at radius 3 is 2.21 bits per heavy atom. The highest BCUT2D eigenvalue weighted by Crippen LogP contribution is 2.41. The zero-order valence-electron chi connectivity index (χ0n) is 15.9. The molecule has 1 fully saturated rings. The maximum Gasteiger partial charge on any atom is 0.240 e. The lowest BCUT2D eigenvalue weighted by Gasteiger charge is -2.28. The molecule has 28 heavy (non-hydrogen) atoms. The molecule has 0 saturated heterocycles. The Morgan fingerprint density at radius 2 is 1.61 bits per heavy atom. The van der Waals surface area contributed by atoms with E-state index in [0.29, 0.717) is 5.02 Å². The molecule has 0 radical (unpaired) electrons. The van der Waals surface area contributed by atoms with Crippen molar-refractivity contribution in [2.24, 2.45) is 0 Å². The minimum absolute atomic E-state index is 0.0538. The average molecular weight is 421 g/mol. The van der Waals surface area contributed by atoms with Crippen LogP contribution in [0.2, 0.25) is 5.02 Å². The summed E-state index contributed by atoms with van der Waals surface area (Å²) < 4.78 is 27.2. The van der Waals surface area contributed by atoms with Crippen LogP contribution in [0.15, 0.2) is 53.4 Å². The molecular weight excluding hydrogens is 396 g/mol. The molecule has 1 aliphatic carbocycles. The van der Waals surface area contributed by atoms with Gasteiger partial charge in [-0.3, -0.25) is 4.79 Å². The third-order valence-electron chi connectivity index (χ3n) is 5.32. The van der Waals surface area contributed by atoms with Crippen molar-refractivity contribution in [1.29, 1.82) is 0 Å². The Balaban J connectivity index is 1.59. The normalized spacial score (nSPS) is 16.1. The van der Waals surface area contributed by atoms with Crippen LogP contribution in [0.3, 0.4) is 0 Å². The number of nitrogens with one attached hydrogen (secondary N) is 2. The first-order valence-corrected chi connectivity index (χ1v) is 11.3. The Bertz CT molecular complexity index is 919. The van der Waals surface area contributed by atoms with Gasteiger partial charge in [-0.2, -0.15) is 0 Å². The number of carbonyl (C=O) groups excluding carboxylic acids is 1. The van der Waals surface area contributed by atoms with Crippen LogP contribution < -0.4 is 10.0 Å². The lowest BCUT2D eigenvalue weighted by Crippen LogP contribution is -2.45. The quantitative estimate of drug-likeness (QED) is 0.672. The van der Waals surface area contributed by atoms with Crippen LogP contribution in [-0.4, -0.2) is 27.4 Å². The zero-order chi connectivity index (χ0) is 20.2. The summed E-state index contributed by atoms with van der Waals surface area (Å²) in [6, 6.07) is 14.1. The number of amides is 1. The summed E-state index contributed by atoms with van der Waals surface area (Å²) in [5.41, 5.74) is 1.41. The van der Waals surface area contributed by atoms with E-state index in [2.05, 4.69) is 10.0 Å². The van der Waals surface area contributed by atoms with Gasteiger partial charge in [0.25, 0.3) is 0 Å². The number of hydrogen-bond acceptors (Lipinski definition) is 3. The van der Waals surface area contributed by atoms with E-state index in [-0.39, 0.29) is 23.9 Å². The zero-order valence-corrected chi connectivity index (χ0v) is 17.4. The van der Waals surface area contributed by atoms with Gasteiger partial charge in [0.15, 0.2) is 0 Å². The molecule has 0 aromatic heterocycles. The van der Waals surface area contributed by atoms with E-state index in [1.165, 1.54) is 0 Å². The van der Waals surface area contributed by atoms with Crippen molar-refractivity contribution in [2.75, 3.05) is 13.1 Å². The summed E-state index contributed by atoms with van der Waals surface area (Å²) in [6.45, 7) is 2.27. The van der Waals surface area contributed by atoms with E-state index >= 15 is 0 Å². The molecule has 1 saturated carbocycles. The molecule has 2 aromatic carbocycles. The number of hydrogen-bond donors (Lipinski definition) is 2. The van der Waals surface area contributed by atoms with Gasteiger partial charge in [0.05, 0.1) is 10.3 Å². The van der Waals surface area contributed by atoms with Gasteiger partial charge in [-0.05, 0) is 49.6 Å². The predicted molar refractivity (Wildman–Crippen MR) is 111 cm³/mol. The van der Waals surface area contributed by atoms with Gasteiger partial charge in [-0.1, -0.05) is 54.3 Å². The van der Waals surface area contributed by atoms with Gasteiger partial charge in [-0.15, -0.1) is 0 Å². The maximum atomic E-state index is 13.0. The Morgan fingerprint density at radius 1 is 1.00 bits per heavy atom. The SMILES string of the molecule is Cc1ccc(S(=O)(=O)NCCNC(=O)C2(c3ccc(Cl)cc3)CCCC2)cc1. The fraction of sp³-hybridized carbons (Fsp3) is 0.381. The fourth-order valence-corrected chi connectivity index (χ4v) is 4.88. The molecule has 7 heteroatoms. The number of halogens is 1. The van der Waals surface area contributed by atoms with Crippen LogP contribution in [0.1, 0.15) is 36.8 Å². The van der Waals surface area contributed by atoms with Gasteiger partial charge in [0, 0.05) is 18.1 Å². The Kier molecular flexibility index (Phi) is 6.43. The monoisotopic (exact) mass is 420 g/mol. The summed E-state index contributed by atoms with van der Waals surface area (Å²) >= 11 is 5.98. The molecule has 3 rings (SSSR count). The van der Waals surface area contributed by atoms with Crippen molar-refractivity contribution in [1.82, 2.24) is 10.0 Å². The van der Waals surface area contributed by atoms with E-state index in [0.717, 1.165) is 36.8 Å². The second kappa shape index (κ2) is 8.64. The number of carbonyl (C=O) groups is 1. The van der Waals surface area contributed by atoms with Crippen LogP contribution in [0.25, 0.3) is 0 Å². The topological polar surface area (TPSA) is 75.3 Å². The first-order valence-electron chi connectivity index (χ1n) is 9.44. The molecule has 2 aromatic rings. The van der Waals surface area contributed by atoms with E-state index in [4.69, 9.17) is 11.6 Å². The highest BCUT2D eigenvalue weighted by molar-refractivity contribution is 7.89. The third kappa shape index (κ3) is 4.57. The molecule has 0 atom stereocenters. The summed E-state index contributed by atoms with van der Waals surface area (Å²) in [4.78, 5) is 13.2. The highest BCUT2D eigenvalue weighted by Gasteiger charge is 2.42. The molecule has 0 aliphatic heterocycles.